The van der Waals surface area contributed by atoms with Crippen LogP contribution in [0.5, 0.6) is 0 Å². The van der Waals surface area contributed by atoms with E-state index in [4.69, 9.17) is 19.9 Å². The predicted octanol–water partition coefficient (Wildman–Crippen LogP) is 4.19. The van der Waals surface area contributed by atoms with Crippen molar-refractivity contribution in [3.63, 3.8) is 0 Å². The Morgan fingerprint density at radius 1 is 1.31 bits per heavy atom. The van der Waals surface area contributed by atoms with E-state index in [-0.39, 0.29) is 42.5 Å². The minimum atomic E-state index is -0.845. The predicted molar refractivity (Wildman–Crippen MR) is 138 cm³/mol. The van der Waals surface area contributed by atoms with Crippen molar-refractivity contribution in [2.75, 3.05) is 0 Å². The van der Waals surface area contributed by atoms with Crippen LogP contribution in [0, 0.1) is 17.8 Å². The van der Waals surface area contributed by atoms with Gasteiger partial charge in [-0.25, -0.2) is 4.79 Å². The van der Waals surface area contributed by atoms with Gasteiger partial charge in [0.05, 0.1) is 30.8 Å². The van der Waals surface area contributed by atoms with Gasteiger partial charge in [-0.2, -0.15) is 0 Å². The molecule has 8 nitrogen and oxygen atoms in total. The summed E-state index contributed by atoms with van der Waals surface area (Å²) < 4.78 is 16.7. The van der Waals surface area contributed by atoms with E-state index in [2.05, 4.69) is 13.0 Å². The Balaban J connectivity index is 2.04. The number of carbonyl (C=O) groups is 2. The zero-order valence-corrected chi connectivity index (χ0v) is 22.3. The van der Waals surface area contributed by atoms with Crippen LogP contribution in [0.3, 0.4) is 0 Å². The molecule has 204 valence electrons. The Morgan fingerprint density at radius 2 is 2.03 bits per heavy atom. The summed E-state index contributed by atoms with van der Waals surface area (Å²) in [7, 11) is 0. The smallest absolute Gasteiger partial charge is 0.405 e. The minimum Gasteiger partial charge on any atom is -0.457 e. The molecule has 0 radical (unpaired) electrons. The lowest BCUT2D eigenvalue weighted by atomic mass is 9.93. The van der Waals surface area contributed by atoms with Crippen LogP contribution in [0.25, 0.3) is 0 Å². The van der Waals surface area contributed by atoms with Crippen molar-refractivity contribution in [3.8, 4) is 0 Å². The van der Waals surface area contributed by atoms with Gasteiger partial charge < -0.3 is 30.2 Å². The maximum absolute atomic E-state index is 12.5. The van der Waals surface area contributed by atoms with Crippen LogP contribution in [0.2, 0.25) is 0 Å². The van der Waals surface area contributed by atoms with Crippen molar-refractivity contribution < 1.29 is 34.0 Å². The quantitative estimate of drug-likeness (QED) is 0.184. The average molecular weight is 508 g/mol. The summed E-state index contributed by atoms with van der Waals surface area (Å²) in [5.41, 5.74) is 6.06. The number of epoxide rings is 1. The number of allylic oxidation sites excluding steroid dienone is 3. The van der Waals surface area contributed by atoms with E-state index >= 15 is 0 Å². The fourth-order valence-corrected chi connectivity index (χ4v) is 4.73. The topological polar surface area (TPSA) is 132 Å². The van der Waals surface area contributed by atoms with Gasteiger partial charge in [-0.05, 0) is 56.6 Å². The van der Waals surface area contributed by atoms with Crippen LogP contribution in [0.1, 0.15) is 73.1 Å². The summed E-state index contributed by atoms with van der Waals surface area (Å²) in [6.45, 7) is 9.97. The molecule has 4 N–H and O–H groups in total. The van der Waals surface area contributed by atoms with Gasteiger partial charge >= 0.3 is 12.1 Å². The van der Waals surface area contributed by atoms with Crippen molar-refractivity contribution in [2.45, 2.75) is 110 Å². The third-order valence-electron chi connectivity index (χ3n) is 7.08. The minimum absolute atomic E-state index is 0.0812. The van der Waals surface area contributed by atoms with Gasteiger partial charge in [0.15, 0.2) is 0 Å². The third kappa shape index (κ3) is 10.1. The summed E-state index contributed by atoms with van der Waals surface area (Å²) in [5, 5.41) is 20.2. The number of esters is 1. The molecular weight excluding hydrogens is 462 g/mol. The molecule has 8 heteroatoms. The number of hydrogen-bond acceptors (Lipinski definition) is 7. The fourth-order valence-electron chi connectivity index (χ4n) is 4.73. The van der Waals surface area contributed by atoms with Crippen molar-refractivity contribution >= 4 is 12.1 Å². The number of ether oxygens (including phenoxy) is 3. The van der Waals surface area contributed by atoms with Crippen LogP contribution in [0.15, 0.2) is 36.0 Å². The van der Waals surface area contributed by atoms with Crippen LogP contribution in [-0.4, -0.2) is 58.9 Å². The first-order chi connectivity index (χ1) is 17.0. The molecule has 36 heavy (non-hydrogen) atoms. The second kappa shape index (κ2) is 14.5. The molecule has 0 saturated carbocycles. The maximum atomic E-state index is 12.5. The standard InChI is InChI=1S/C28H45NO7/c1-6-23(31)20(5)27-24(35-27)15-17(2)9-7-10-18(3)26-19(4)13-14-22(34-28(29)33)12-8-11-21(30)16-25(32)36-26/h7,9-10,13-14,17,19-24,26-27,30-31H,6,8,11-12,15-16H2,1-5H3,(H2,29,33)/b9-7+,14-13+,18-10+. The Hall–Kier alpha value is -2.16. The summed E-state index contributed by atoms with van der Waals surface area (Å²) in [5.74, 6) is -0.203. The third-order valence-corrected chi connectivity index (χ3v) is 7.08. The van der Waals surface area contributed by atoms with Gasteiger partial charge in [0, 0.05) is 11.8 Å². The molecule has 1 saturated heterocycles. The first-order valence-electron chi connectivity index (χ1n) is 13.2. The van der Waals surface area contributed by atoms with Gasteiger partial charge in [-0.3, -0.25) is 4.79 Å². The van der Waals surface area contributed by atoms with E-state index in [0.717, 1.165) is 18.4 Å². The van der Waals surface area contributed by atoms with E-state index < -0.39 is 30.4 Å². The zero-order chi connectivity index (χ0) is 26.8. The average Bonchev–Trinajstić information content (AvgIpc) is 3.57. The molecule has 9 unspecified atom stereocenters. The van der Waals surface area contributed by atoms with Crippen LogP contribution in [0.4, 0.5) is 4.79 Å². The molecule has 0 spiro atoms. The Kier molecular flexibility index (Phi) is 12.1. The number of primary amides is 1. The van der Waals surface area contributed by atoms with Crippen LogP contribution >= 0.6 is 0 Å². The largest absolute Gasteiger partial charge is 0.457 e. The molecular formula is C28H45NO7. The molecule has 2 rings (SSSR count). The van der Waals surface area contributed by atoms with Gasteiger partial charge in [0.25, 0.3) is 0 Å². The van der Waals surface area contributed by atoms with E-state index in [1.54, 1.807) is 6.08 Å². The molecule has 0 aromatic heterocycles. The first-order valence-corrected chi connectivity index (χ1v) is 13.2. The molecule has 2 aliphatic heterocycles. The van der Waals surface area contributed by atoms with Crippen molar-refractivity contribution in [1.82, 2.24) is 0 Å². The maximum Gasteiger partial charge on any atom is 0.405 e. The summed E-state index contributed by atoms with van der Waals surface area (Å²) in [6, 6.07) is 0. The van der Waals surface area contributed by atoms with Gasteiger partial charge in [0.2, 0.25) is 0 Å². The Bertz CT molecular complexity index is 808. The lowest BCUT2D eigenvalue weighted by molar-refractivity contribution is -0.151. The summed E-state index contributed by atoms with van der Waals surface area (Å²) >= 11 is 0. The second-order valence-corrected chi connectivity index (χ2v) is 10.4. The molecule has 0 aliphatic carbocycles. The number of carbonyl (C=O) groups excluding carboxylic acids is 2. The van der Waals surface area contributed by atoms with Crippen LogP contribution in [-0.2, 0) is 19.0 Å². The van der Waals surface area contributed by atoms with Gasteiger partial charge in [-0.1, -0.05) is 52.0 Å². The molecule has 9 atom stereocenters. The highest BCUT2D eigenvalue weighted by Gasteiger charge is 2.44. The molecule has 0 bridgehead atoms. The molecule has 0 aromatic carbocycles. The van der Waals surface area contributed by atoms with Crippen LogP contribution < -0.4 is 5.73 Å². The van der Waals surface area contributed by atoms with E-state index in [1.165, 1.54) is 0 Å². The molecule has 2 aliphatic rings. The number of amides is 1. The Labute approximate surface area is 215 Å². The van der Waals surface area contributed by atoms with Crippen molar-refractivity contribution in [3.05, 3.63) is 36.0 Å². The lowest BCUT2D eigenvalue weighted by Crippen LogP contribution is -2.29. The Morgan fingerprint density at radius 3 is 2.69 bits per heavy atom. The number of nitrogens with two attached hydrogens (primary N) is 1. The number of aliphatic hydroxyl groups excluding tert-OH is 2. The highest BCUT2D eigenvalue weighted by atomic mass is 16.6. The fraction of sp³-hybridized carbons (Fsp3) is 0.714. The van der Waals surface area contributed by atoms with Crippen molar-refractivity contribution in [2.24, 2.45) is 23.5 Å². The zero-order valence-electron chi connectivity index (χ0n) is 22.3. The summed E-state index contributed by atoms with van der Waals surface area (Å²) in [4.78, 5) is 23.7. The molecule has 1 fully saturated rings. The molecule has 0 aromatic rings. The number of rotatable bonds is 9. The summed E-state index contributed by atoms with van der Waals surface area (Å²) in [6.07, 6.45) is 9.96. The molecule has 1 amide bonds. The highest BCUT2D eigenvalue weighted by molar-refractivity contribution is 5.70. The number of hydrogen-bond donors (Lipinski definition) is 3. The lowest BCUT2D eigenvalue weighted by Gasteiger charge is -2.25. The molecule has 2 heterocycles. The van der Waals surface area contributed by atoms with Crippen molar-refractivity contribution in [1.29, 1.82) is 0 Å². The van der Waals surface area contributed by atoms with Gasteiger partial charge in [0.1, 0.15) is 12.2 Å². The first kappa shape index (κ1) is 30.1. The monoisotopic (exact) mass is 507 g/mol. The second-order valence-electron chi connectivity index (χ2n) is 10.4. The van der Waals surface area contributed by atoms with E-state index in [9.17, 15) is 19.8 Å². The van der Waals surface area contributed by atoms with Gasteiger partial charge in [-0.15, -0.1) is 0 Å². The van der Waals surface area contributed by atoms with E-state index in [0.29, 0.717) is 19.3 Å². The number of cyclic esters (lactones) is 1. The van der Waals surface area contributed by atoms with E-state index in [1.807, 2.05) is 45.9 Å². The highest BCUT2D eigenvalue weighted by Crippen LogP contribution is 2.36. The normalized spacial score (nSPS) is 33.5. The SMILES string of the molecule is CCC(O)C(C)C1OC1CC(C)/C=C/C=C(\C)C1OC(=O)CC(O)CCCC(OC(N)=O)/C=C/C1C. The number of aliphatic hydroxyl groups is 2.